The second-order valence-corrected chi connectivity index (χ2v) is 3.27. The third kappa shape index (κ3) is 4.35. The lowest BCUT2D eigenvalue weighted by Crippen LogP contribution is -2.24. The number of rotatable bonds is 6. The van der Waals surface area contributed by atoms with Gasteiger partial charge in [-0.3, -0.25) is 0 Å². The Morgan fingerprint density at radius 1 is 1.45 bits per heavy atom. The summed E-state index contributed by atoms with van der Waals surface area (Å²) >= 11 is 0. The summed E-state index contributed by atoms with van der Waals surface area (Å²) in [6.07, 6.45) is 2.83. The number of hydrogen-bond donors (Lipinski definition) is 3. The molecule has 66 valence electrons. The molecule has 0 amide bonds. The van der Waals surface area contributed by atoms with Crippen molar-refractivity contribution in [3.63, 3.8) is 0 Å². The molecule has 3 heteroatoms. The third-order valence-corrected chi connectivity index (χ3v) is 2.00. The second kappa shape index (κ2) is 4.70. The minimum absolute atomic E-state index is 0.120. The number of nitrogens with one attached hydrogen (secondary N) is 1. The summed E-state index contributed by atoms with van der Waals surface area (Å²) in [5, 5.41) is 20.7. The standard InChI is InChI=1S/C8H17NO2/c10-6-8(11)3-4-9-5-7-1-2-7/h7-11H,1-6H2. The molecule has 0 aromatic carbocycles. The van der Waals surface area contributed by atoms with Crippen LogP contribution in [0, 0.1) is 5.92 Å². The van der Waals surface area contributed by atoms with Gasteiger partial charge in [0.15, 0.2) is 0 Å². The summed E-state index contributed by atoms with van der Waals surface area (Å²) in [4.78, 5) is 0. The van der Waals surface area contributed by atoms with Crippen LogP contribution in [0.5, 0.6) is 0 Å². The van der Waals surface area contributed by atoms with E-state index in [0.29, 0.717) is 6.42 Å². The zero-order valence-electron chi connectivity index (χ0n) is 6.79. The zero-order valence-corrected chi connectivity index (χ0v) is 6.79. The Balaban J connectivity index is 1.79. The monoisotopic (exact) mass is 159 g/mol. The van der Waals surface area contributed by atoms with Gasteiger partial charge in [0.25, 0.3) is 0 Å². The SMILES string of the molecule is OCC(O)CCNCC1CC1. The molecule has 0 heterocycles. The summed E-state index contributed by atoms with van der Waals surface area (Å²) in [7, 11) is 0. The molecule has 0 bridgehead atoms. The van der Waals surface area contributed by atoms with E-state index in [1.807, 2.05) is 0 Å². The van der Waals surface area contributed by atoms with Crippen molar-refractivity contribution in [2.24, 2.45) is 5.92 Å². The van der Waals surface area contributed by atoms with Crippen LogP contribution < -0.4 is 5.32 Å². The van der Waals surface area contributed by atoms with Crippen LogP contribution in [0.25, 0.3) is 0 Å². The van der Waals surface area contributed by atoms with Gasteiger partial charge in [-0.25, -0.2) is 0 Å². The fourth-order valence-corrected chi connectivity index (χ4v) is 0.988. The second-order valence-electron chi connectivity index (χ2n) is 3.27. The van der Waals surface area contributed by atoms with Crippen molar-refractivity contribution in [1.29, 1.82) is 0 Å². The van der Waals surface area contributed by atoms with Gasteiger partial charge in [0.1, 0.15) is 0 Å². The molecule has 3 nitrogen and oxygen atoms in total. The van der Waals surface area contributed by atoms with Crippen LogP contribution in [-0.2, 0) is 0 Å². The summed E-state index contributed by atoms with van der Waals surface area (Å²) in [5.74, 6) is 0.890. The Kier molecular flexibility index (Phi) is 3.83. The first-order valence-corrected chi connectivity index (χ1v) is 4.32. The van der Waals surface area contributed by atoms with Crippen LogP contribution in [0.2, 0.25) is 0 Å². The van der Waals surface area contributed by atoms with Gasteiger partial charge < -0.3 is 15.5 Å². The van der Waals surface area contributed by atoms with Crippen LogP contribution in [0.4, 0.5) is 0 Å². The maximum absolute atomic E-state index is 8.95. The highest BCUT2D eigenvalue weighted by molar-refractivity contribution is 4.75. The first kappa shape index (κ1) is 8.97. The molecule has 0 saturated heterocycles. The fraction of sp³-hybridized carbons (Fsp3) is 1.00. The molecule has 1 atom stereocenters. The van der Waals surface area contributed by atoms with Gasteiger partial charge in [-0.15, -0.1) is 0 Å². The molecule has 1 fully saturated rings. The quantitative estimate of drug-likeness (QED) is 0.468. The van der Waals surface area contributed by atoms with E-state index in [1.54, 1.807) is 0 Å². The van der Waals surface area contributed by atoms with E-state index in [0.717, 1.165) is 19.0 Å². The van der Waals surface area contributed by atoms with Crippen molar-refractivity contribution in [2.45, 2.75) is 25.4 Å². The molecule has 0 aromatic rings. The van der Waals surface area contributed by atoms with E-state index in [9.17, 15) is 0 Å². The van der Waals surface area contributed by atoms with E-state index >= 15 is 0 Å². The molecular formula is C8H17NO2. The van der Waals surface area contributed by atoms with Gasteiger partial charge in [-0.05, 0) is 38.3 Å². The minimum Gasteiger partial charge on any atom is -0.394 e. The Bertz CT molecular complexity index is 104. The van der Waals surface area contributed by atoms with Crippen LogP contribution in [0.3, 0.4) is 0 Å². The lowest BCUT2D eigenvalue weighted by Gasteiger charge is -2.07. The fourth-order valence-electron chi connectivity index (χ4n) is 0.988. The van der Waals surface area contributed by atoms with Gasteiger partial charge in [0, 0.05) is 0 Å². The number of hydrogen-bond acceptors (Lipinski definition) is 3. The first-order valence-electron chi connectivity index (χ1n) is 4.32. The van der Waals surface area contributed by atoms with E-state index in [-0.39, 0.29) is 6.61 Å². The highest BCUT2D eigenvalue weighted by Crippen LogP contribution is 2.27. The molecule has 0 radical (unpaired) electrons. The molecular weight excluding hydrogens is 142 g/mol. The lowest BCUT2D eigenvalue weighted by atomic mass is 10.2. The first-order chi connectivity index (χ1) is 5.33. The molecule has 0 aliphatic heterocycles. The zero-order chi connectivity index (χ0) is 8.10. The van der Waals surface area contributed by atoms with Crippen LogP contribution in [0.15, 0.2) is 0 Å². The summed E-state index contributed by atoms with van der Waals surface area (Å²) in [6.45, 7) is 1.78. The predicted octanol–water partition coefficient (Wildman–Crippen LogP) is -0.271. The molecule has 0 spiro atoms. The van der Waals surface area contributed by atoms with Crippen molar-refractivity contribution in [1.82, 2.24) is 5.32 Å². The molecule has 11 heavy (non-hydrogen) atoms. The van der Waals surface area contributed by atoms with Gasteiger partial charge in [-0.2, -0.15) is 0 Å². The summed E-state index contributed by atoms with van der Waals surface area (Å²) in [6, 6.07) is 0. The third-order valence-electron chi connectivity index (χ3n) is 2.00. The van der Waals surface area contributed by atoms with Crippen molar-refractivity contribution in [3.8, 4) is 0 Å². The number of aliphatic hydroxyl groups is 2. The maximum atomic E-state index is 8.95. The minimum atomic E-state index is -0.540. The lowest BCUT2D eigenvalue weighted by molar-refractivity contribution is 0.0883. The Labute approximate surface area is 67.4 Å². The van der Waals surface area contributed by atoms with E-state index in [1.165, 1.54) is 12.8 Å². The van der Waals surface area contributed by atoms with Crippen molar-refractivity contribution in [2.75, 3.05) is 19.7 Å². The molecule has 3 N–H and O–H groups in total. The number of aliphatic hydroxyl groups excluding tert-OH is 2. The van der Waals surface area contributed by atoms with Crippen molar-refractivity contribution >= 4 is 0 Å². The van der Waals surface area contributed by atoms with Crippen molar-refractivity contribution in [3.05, 3.63) is 0 Å². The molecule has 1 rings (SSSR count). The predicted molar refractivity (Wildman–Crippen MR) is 43.3 cm³/mol. The highest BCUT2D eigenvalue weighted by Gasteiger charge is 2.19. The van der Waals surface area contributed by atoms with Crippen LogP contribution in [-0.4, -0.2) is 36.0 Å². The highest BCUT2D eigenvalue weighted by atomic mass is 16.3. The van der Waals surface area contributed by atoms with Gasteiger partial charge in [0.05, 0.1) is 12.7 Å². The van der Waals surface area contributed by atoms with E-state index in [2.05, 4.69) is 5.32 Å². The molecule has 0 aromatic heterocycles. The van der Waals surface area contributed by atoms with E-state index < -0.39 is 6.10 Å². The average Bonchev–Trinajstić information content (AvgIpc) is 2.81. The molecule has 1 saturated carbocycles. The molecule has 1 aliphatic carbocycles. The summed E-state index contributed by atoms with van der Waals surface area (Å²) in [5.41, 5.74) is 0. The van der Waals surface area contributed by atoms with Crippen LogP contribution >= 0.6 is 0 Å². The maximum Gasteiger partial charge on any atom is 0.0783 e. The van der Waals surface area contributed by atoms with Gasteiger partial charge in [0.2, 0.25) is 0 Å². The smallest absolute Gasteiger partial charge is 0.0783 e. The largest absolute Gasteiger partial charge is 0.394 e. The molecule has 1 aliphatic rings. The van der Waals surface area contributed by atoms with Crippen molar-refractivity contribution < 1.29 is 10.2 Å². The van der Waals surface area contributed by atoms with Crippen LogP contribution in [0.1, 0.15) is 19.3 Å². The molecule has 1 unspecified atom stereocenters. The van der Waals surface area contributed by atoms with Gasteiger partial charge >= 0.3 is 0 Å². The Hall–Kier alpha value is -0.120. The van der Waals surface area contributed by atoms with E-state index in [4.69, 9.17) is 10.2 Å². The average molecular weight is 159 g/mol. The normalized spacial score (nSPS) is 20.2. The topological polar surface area (TPSA) is 52.5 Å². The Morgan fingerprint density at radius 2 is 2.18 bits per heavy atom. The van der Waals surface area contributed by atoms with Gasteiger partial charge in [-0.1, -0.05) is 0 Å². The Morgan fingerprint density at radius 3 is 2.73 bits per heavy atom. The summed E-state index contributed by atoms with van der Waals surface area (Å²) < 4.78 is 0.